The molecule has 100 valence electrons. The van der Waals surface area contributed by atoms with Crippen LogP contribution >= 0.6 is 0 Å². The summed E-state index contributed by atoms with van der Waals surface area (Å²) in [4.78, 5) is 16.2. The van der Waals surface area contributed by atoms with E-state index in [-0.39, 0.29) is 11.9 Å². The lowest BCUT2D eigenvalue weighted by atomic mass is 9.91. The number of rotatable bonds is 7. The van der Waals surface area contributed by atoms with Crippen molar-refractivity contribution in [3.63, 3.8) is 0 Å². The number of nitrogens with zero attached hydrogens (tertiary/aromatic N) is 2. The Kier molecular flexibility index (Phi) is 5.92. The van der Waals surface area contributed by atoms with Crippen LogP contribution in [-0.4, -0.2) is 54.5 Å². The Morgan fingerprint density at radius 1 is 1.41 bits per heavy atom. The minimum absolute atomic E-state index is 0.226. The van der Waals surface area contributed by atoms with E-state index in [0.717, 1.165) is 13.0 Å². The highest BCUT2D eigenvalue weighted by Crippen LogP contribution is 2.24. The Labute approximate surface area is 105 Å². The monoisotopic (exact) mass is 241 g/mol. The summed E-state index contributed by atoms with van der Waals surface area (Å²) in [6.07, 6.45) is 4.76. The summed E-state index contributed by atoms with van der Waals surface area (Å²) in [6, 6.07) is 0.895. The van der Waals surface area contributed by atoms with E-state index in [1.54, 1.807) is 0 Å². The molecule has 1 rings (SSSR count). The molecule has 0 unspecified atom stereocenters. The third kappa shape index (κ3) is 4.28. The minimum Gasteiger partial charge on any atom is -0.342 e. The Hall–Kier alpha value is -0.610. The van der Waals surface area contributed by atoms with E-state index < -0.39 is 0 Å². The highest BCUT2D eigenvalue weighted by molar-refractivity contribution is 5.78. The van der Waals surface area contributed by atoms with Crippen molar-refractivity contribution in [2.24, 2.45) is 5.73 Å². The summed E-state index contributed by atoms with van der Waals surface area (Å²) in [6.45, 7) is 6.31. The van der Waals surface area contributed by atoms with Crippen LogP contribution in [0.3, 0.4) is 0 Å². The zero-order valence-corrected chi connectivity index (χ0v) is 11.5. The quantitative estimate of drug-likeness (QED) is 0.725. The van der Waals surface area contributed by atoms with E-state index in [1.807, 2.05) is 25.8 Å². The molecule has 0 spiro atoms. The van der Waals surface area contributed by atoms with Gasteiger partial charge >= 0.3 is 0 Å². The van der Waals surface area contributed by atoms with E-state index in [0.29, 0.717) is 19.1 Å². The molecule has 1 amide bonds. The lowest BCUT2D eigenvalue weighted by Gasteiger charge is -2.38. The van der Waals surface area contributed by atoms with Gasteiger partial charge in [0, 0.05) is 25.7 Å². The zero-order chi connectivity index (χ0) is 12.8. The highest BCUT2D eigenvalue weighted by atomic mass is 16.2. The molecule has 17 heavy (non-hydrogen) atoms. The van der Waals surface area contributed by atoms with Crippen LogP contribution < -0.4 is 5.73 Å². The van der Waals surface area contributed by atoms with Crippen LogP contribution in [0.5, 0.6) is 0 Å². The molecule has 1 fully saturated rings. The fourth-order valence-electron chi connectivity index (χ4n) is 2.01. The van der Waals surface area contributed by atoms with Crippen molar-refractivity contribution in [1.29, 1.82) is 0 Å². The average Bonchev–Trinajstić information content (AvgIpc) is 2.21. The van der Waals surface area contributed by atoms with Crippen molar-refractivity contribution in [2.75, 3.05) is 26.7 Å². The maximum atomic E-state index is 12.1. The third-order valence-electron chi connectivity index (χ3n) is 3.75. The minimum atomic E-state index is 0.226. The number of hydrogen-bond acceptors (Lipinski definition) is 3. The van der Waals surface area contributed by atoms with E-state index >= 15 is 0 Å². The van der Waals surface area contributed by atoms with Gasteiger partial charge < -0.3 is 10.6 Å². The SMILES string of the molecule is CC(C)N(C)C(=O)CN(CCCN)C1CCC1. The first-order valence-corrected chi connectivity index (χ1v) is 6.76. The van der Waals surface area contributed by atoms with Gasteiger partial charge in [0.05, 0.1) is 6.54 Å². The molecule has 1 aliphatic rings. The molecule has 1 aliphatic carbocycles. The zero-order valence-electron chi connectivity index (χ0n) is 11.5. The van der Waals surface area contributed by atoms with Gasteiger partial charge in [0.2, 0.25) is 5.91 Å². The van der Waals surface area contributed by atoms with Crippen LogP contribution in [0.4, 0.5) is 0 Å². The Bertz CT molecular complexity index is 239. The molecule has 0 radical (unpaired) electrons. The highest BCUT2D eigenvalue weighted by Gasteiger charge is 2.27. The predicted octanol–water partition coefficient (Wildman–Crippen LogP) is 1.06. The molecular formula is C13H27N3O. The predicted molar refractivity (Wildman–Crippen MR) is 70.8 cm³/mol. The van der Waals surface area contributed by atoms with Crippen molar-refractivity contribution in [3.05, 3.63) is 0 Å². The molecular weight excluding hydrogens is 214 g/mol. The van der Waals surface area contributed by atoms with Crippen molar-refractivity contribution in [1.82, 2.24) is 9.80 Å². The van der Waals surface area contributed by atoms with Crippen LogP contribution in [0.1, 0.15) is 39.5 Å². The summed E-state index contributed by atoms with van der Waals surface area (Å²) in [5.74, 6) is 0.226. The smallest absolute Gasteiger partial charge is 0.236 e. The van der Waals surface area contributed by atoms with Crippen molar-refractivity contribution < 1.29 is 4.79 Å². The van der Waals surface area contributed by atoms with Gasteiger partial charge in [-0.25, -0.2) is 0 Å². The molecule has 0 bridgehead atoms. The van der Waals surface area contributed by atoms with Crippen molar-refractivity contribution >= 4 is 5.91 Å². The summed E-state index contributed by atoms with van der Waals surface area (Å²) >= 11 is 0. The van der Waals surface area contributed by atoms with Crippen LogP contribution in [0, 0.1) is 0 Å². The molecule has 4 nitrogen and oxygen atoms in total. The first-order valence-electron chi connectivity index (χ1n) is 6.76. The number of likely N-dealkylation sites (N-methyl/N-ethyl adjacent to an activating group) is 1. The third-order valence-corrected chi connectivity index (χ3v) is 3.75. The molecule has 0 aliphatic heterocycles. The average molecular weight is 241 g/mol. The van der Waals surface area contributed by atoms with Gasteiger partial charge in [0.25, 0.3) is 0 Å². The molecule has 1 saturated carbocycles. The number of carbonyl (C=O) groups is 1. The second kappa shape index (κ2) is 6.97. The fourth-order valence-corrected chi connectivity index (χ4v) is 2.01. The normalized spacial score (nSPS) is 16.4. The molecule has 0 saturated heterocycles. The standard InChI is InChI=1S/C13H27N3O/c1-11(2)15(3)13(17)10-16(9-5-8-14)12-6-4-7-12/h11-12H,4-10,14H2,1-3H3. The molecule has 0 atom stereocenters. The molecule has 0 aromatic rings. The summed E-state index contributed by atoms with van der Waals surface area (Å²) in [5, 5.41) is 0. The first kappa shape index (κ1) is 14.5. The summed E-state index contributed by atoms with van der Waals surface area (Å²) in [7, 11) is 1.88. The Morgan fingerprint density at radius 2 is 2.06 bits per heavy atom. The maximum Gasteiger partial charge on any atom is 0.236 e. The lowest BCUT2D eigenvalue weighted by molar-refractivity contribution is -0.133. The molecule has 0 aromatic heterocycles. The van der Waals surface area contributed by atoms with E-state index in [1.165, 1.54) is 19.3 Å². The van der Waals surface area contributed by atoms with E-state index in [9.17, 15) is 4.79 Å². The van der Waals surface area contributed by atoms with Gasteiger partial charge in [-0.05, 0) is 39.7 Å². The van der Waals surface area contributed by atoms with Gasteiger partial charge in [0.15, 0.2) is 0 Å². The molecule has 4 heteroatoms. The first-order chi connectivity index (χ1) is 8.06. The van der Waals surface area contributed by atoms with Crippen LogP contribution in [0.2, 0.25) is 0 Å². The number of hydrogen-bond donors (Lipinski definition) is 1. The fraction of sp³-hybridized carbons (Fsp3) is 0.923. The van der Waals surface area contributed by atoms with E-state index in [4.69, 9.17) is 5.73 Å². The molecule has 0 heterocycles. The number of nitrogens with two attached hydrogens (primary N) is 1. The maximum absolute atomic E-state index is 12.1. The van der Waals surface area contributed by atoms with Gasteiger partial charge in [0.1, 0.15) is 0 Å². The lowest BCUT2D eigenvalue weighted by Crippen LogP contribution is -2.48. The number of amides is 1. The van der Waals surface area contributed by atoms with Gasteiger partial charge in [-0.1, -0.05) is 6.42 Å². The number of carbonyl (C=O) groups excluding carboxylic acids is 1. The van der Waals surface area contributed by atoms with Crippen molar-refractivity contribution in [2.45, 2.75) is 51.6 Å². The van der Waals surface area contributed by atoms with Gasteiger partial charge in [-0.15, -0.1) is 0 Å². The van der Waals surface area contributed by atoms with Crippen molar-refractivity contribution in [3.8, 4) is 0 Å². The van der Waals surface area contributed by atoms with E-state index in [2.05, 4.69) is 4.90 Å². The van der Waals surface area contributed by atoms with Crippen LogP contribution in [-0.2, 0) is 4.79 Å². The largest absolute Gasteiger partial charge is 0.342 e. The second-order valence-electron chi connectivity index (χ2n) is 5.30. The van der Waals surface area contributed by atoms with Crippen LogP contribution in [0.25, 0.3) is 0 Å². The molecule has 0 aromatic carbocycles. The second-order valence-corrected chi connectivity index (χ2v) is 5.30. The molecule has 2 N–H and O–H groups in total. The van der Waals surface area contributed by atoms with Gasteiger partial charge in [-0.2, -0.15) is 0 Å². The summed E-state index contributed by atoms with van der Waals surface area (Å²) < 4.78 is 0. The Balaban J connectivity index is 2.44. The van der Waals surface area contributed by atoms with Crippen LogP contribution in [0.15, 0.2) is 0 Å². The van der Waals surface area contributed by atoms with Gasteiger partial charge in [-0.3, -0.25) is 9.69 Å². The summed E-state index contributed by atoms with van der Waals surface area (Å²) in [5.41, 5.74) is 5.55. The topological polar surface area (TPSA) is 49.6 Å². The Morgan fingerprint density at radius 3 is 2.47 bits per heavy atom.